The number of phenolic OH excluding ortho intramolecular Hbond substituents is 1. The van der Waals surface area contributed by atoms with Crippen LogP contribution in [0, 0.1) is 11.3 Å². The number of rotatable bonds is 9. The van der Waals surface area contributed by atoms with Crippen molar-refractivity contribution >= 4 is 17.6 Å². The lowest BCUT2D eigenvalue weighted by Crippen LogP contribution is -2.26. The van der Waals surface area contributed by atoms with Crippen LogP contribution in [0.15, 0.2) is 36.0 Å². The Morgan fingerprint density at radius 3 is 2.61 bits per heavy atom. The number of nitriles is 1. The Morgan fingerprint density at radius 2 is 1.96 bits per heavy atom. The van der Waals surface area contributed by atoms with Gasteiger partial charge in [-0.3, -0.25) is 9.59 Å². The van der Waals surface area contributed by atoms with Gasteiger partial charge in [0.25, 0.3) is 5.91 Å². The largest absolute Gasteiger partial charge is 0.506 e. The van der Waals surface area contributed by atoms with Gasteiger partial charge in [-0.2, -0.15) is 5.26 Å². The van der Waals surface area contributed by atoms with Crippen LogP contribution >= 0.6 is 0 Å². The summed E-state index contributed by atoms with van der Waals surface area (Å²) < 4.78 is 0. The number of carbonyl (C=O) groups is 2. The molecule has 0 fully saturated rings. The number of hydrogen-bond donors (Lipinski definition) is 4. The van der Waals surface area contributed by atoms with E-state index in [1.165, 1.54) is 12.3 Å². The number of nitrogens with one attached hydrogen (secondary N) is 2. The fourth-order valence-corrected chi connectivity index (χ4v) is 1.77. The summed E-state index contributed by atoms with van der Waals surface area (Å²) in [6.45, 7) is 0.369. The first-order chi connectivity index (χ1) is 11.0. The van der Waals surface area contributed by atoms with E-state index < -0.39 is 11.9 Å². The summed E-state index contributed by atoms with van der Waals surface area (Å²) in [6, 6.07) is 8.25. The van der Waals surface area contributed by atoms with Crippen LogP contribution in [0.1, 0.15) is 25.7 Å². The fourth-order valence-electron chi connectivity index (χ4n) is 1.77. The second-order valence-electron chi connectivity index (χ2n) is 4.79. The van der Waals surface area contributed by atoms with Crippen molar-refractivity contribution in [2.75, 3.05) is 11.9 Å². The zero-order chi connectivity index (χ0) is 17.1. The van der Waals surface area contributed by atoms with Gasteiger partial charge in [-0.15, -0.1) is 0 Å². The number of phenols is 1. The number of nitrogens with zero attached hydrogens (tertiary/aromatic N) is 1. The Hall–Kier alpha value is -3.01. The maximum atomic E-state index is 11.8. The van der Waals surface area contributed by atoms with E-state index in [0.717, 1.165) is 0 Å². The second-order valence-corrected chi connectivity index (χ2v) is 4.79. The van der Waals surface area contributed by atoms with E-state index in [9.17, 15) is 14.7 Å². The van der Waals surface area contributed by atoms with Gasteiger partial charge >= 0.3 is 5.97 Å². The molecule has 0 unspecified atom stereocenters. The third kappa shape index (κ3) is 7.00. The summed E-state index contributed by atoms with van der Waals surface area (Å²) in [5, 5.41) is 32.4. The van der Waals surface area contributed by atoms with Crippen LogP contribution in [-0.4, -0.2) is 28.6 Å². The van der Waals surface area contributed by atoms with Gasteiger partial charge in [0, 0.05) is 19.2 Å². The standard InChI is InChI=1S/C16H19N3O4/c17-10-12(11-19-13-6-3-4-7-14(13)20)16(23)18-9-5-1-2-8-15(21)22/h3-4,6-7,11,19-20H,1-2,5,8-9H2,(H,18,23)(H,21,22)/b12-11-. The zero-order valence-corrected chi connectivity index (χ0v) is 12.6. The molecule has 0 atom stereocenters. The van der Waals surface area contributed by atoms with E-state index >= 15 is 0 Å². The van der Waals surface area contributed by atoms with Crippen LogP contribution in [0.5, 0.6) is 5.75 Å². The molecular formula is C16H19N3O4. The van der Waals surface area contributed by atoms with Crippen LogP contribution in [0.25, 0.3) is 0 Å². The number of aliphatic carboxylic acids is 1. The molecule has 0 radical (unpaired) electrons. The highest BCUT2D eigenvalue weighted by molar-refractivity contribution is 5.97. The molecule has 0 aromatic heterocycles. The van der Waals surface area contributed by atoms with Crippen molar-refractivity contribution in [1.82, 2.24) is 5.32 Å². The van der Waals surface area contributed by atoms with Gasteiger partial charge in [0.2, 0.25) is 0 Å². The molecule has 0 aliphatic heterocycles. The van der Waals surface area contributed by atoms with Crippen LogP contribution in [0.2, 0.25) is 0 Å². The van der Waals surface area contributed by atoms with Crippen molar-refractivity contribution < 1.29 is 19.8 Å². The number of benzene rings is 1. The van der Waals surface area contributed by atoms with Crippen molar-refractivity contribution in [2.45, 2.75) is 25.7 Å². The van der Waals surface area contributed by atoms with Gasteiger partial charge in [-0.25, -0.2) is 0 Å². The summed E-state index contributed by atoms with van der Waals surface area (Å²) in [5.74, 6) is -1.34. The molecule has 0 saturated carbocycles. The predicted molar refractivity (Wildman–Crippen MR) is 84.5 cm³/mol. The third-order valence-electron chi connectivity index (χ3n) is 2.99. The van der Waals surface area contributed by atoms with Gasteiger partial charge in [-0.05, 0) is 25.0 Å². The summed E-state index contributed by atoms with van der Waals surface area (Å²) >= 11 is 0. The lowest BCUT2D eigenvalue weighted by Gasteiger charge is -2.06. The Kier molecular flexibility index (Phi) is 7.72. The van der Waals surface area contributed by atoms with E-state index in [1.54, 1.807) is 24.3 Å². The first-order valence-electron chi connectivity index (χ1n) is 7.19. The number of hydrogen-bond acceptors (Lipinski definition) is 5. The summed E-state index contributed by atoms with van der Waals surface area (Å²) in [5.41, 5.74) is 0.278. The number of carbonyl (C=O) groups excluding carboxylic acids is 1. The molecule has 0 bridgehead atoms. The molecule has 122 valence electrons. The van der Waals surface area contributed by atoms with Crippen molar-refractivity contribution in [2.24, 2.45) is 0 Å². The van der Waals surface area contributed by atoms with Gasteiger partial charge in [-0.1, -0.05) is 18.6 Å². The Bertz CT molecular complexity index is 620. The van der Waals surface area contributed by atoms with Gasteiger partial charge in [0.1, 0.15) is 17.4 Å². The first kappa shape index (κ1) is 18.0. The highest BCUT2D eigenvalue weighted by atomic mass is 16.4. The van der Waals surface area contributed by atoms with Crippen LogP contribution in [0.4, 0.5) is 5.69 Å². The number of amides is 1. The smallest absolute Gasteiger partial charge is 0.303 e. The third-order valence-corrected chi connectivity index (χ3v) is 2.99. The zero-order valence-electron chi connectivity index (χ0n) is 12.6. The number of para-hydroxylation sites is 2. The Labute approximate surface area is 134 Å². The van der Waals surface area contributed by atoms with E-state index in [2.05, 4.69) is 10.6 Å². The van der Waals surface area contributed by atoms with Crippen molar-refractivity contribution in [1.29, 1.82) is 5.26 Å². The van der Waals surface area contributed by atoms with Gasteiger partial charge < -0.3 is 20.8 Å². The molecule has 1 aromatic carbocycles. The van der Waals surface area contributed by atoms with E-state index in [-0.39, 0.29) is 17.7 Å². The molecule has 7 heteroatoms. The molecule has 0 aliphatic rings. The van der Waals surface area contributed by atoms with Crippen molar-refractivity contribution in [3.63, 3.8) is 0 Å². The number of anilines is 1. The topological polar surface area (TPSA) is 122 Å². The molecule has 0 aliphatic carbocycles. The number of carboxylic acids is 1. The molecule has 0 saturated heterocycles. The molecule has 1 aromatic rings. The average Bonchev–Trinajstić information content (AvgIpc) is 2.52. The van der Waals surface area contributed by atoms with E-state index in [0.29, 0.717) is 31.5 Å². The fraction of sp³-hybridized carbons (Fsp3) is 0.312. The lowest BCUT2D eigenvalue weighted by atomic mass is 10.2. The number of carboxylic acid groups (broad SMARTS) is 1. The molecule has 0 heterocycles. The quantitative estimate of drug-likeness (QED) is 0.239. The molecule has 4 N–H and O–H groups in total. The SMILES string of the molecule is N#C/C(=C/Nc1ccccc1O)C(=O)NCCCCCC(=O)O. The Morgan fingerprint density at radius 1 is 1.22 bits per heavy atom. The highest BCUT2D eigenvalue weighted by Crippen LogP contribution is 2.21. The molecule has 23 heavy (non-hydrogen) atoms. The number of aromatic hydroxyl groups is 1. The normalized spacial score (nSPS) is 10.7. The average molecular weight is 317 g/mol. The van der Waals surface area contributed by atoms with Gasteiger partial charge in [0.15, 0.2) is 0 Å². The maximum absolute atomic E-state index is 11.8. The minimum Gasteiger partial charge on any atom is -0.506 e. The van der Waals surface area contributed by atoms with E-state index in [4.69, 9.17) is 10.4 Å². The maximum Gasteiger partial charge on any atom is 0.303 e. The van der Waals surface area contributed by atoms with Crippen molar-refractivity contribution in [3.8, 4) is 11.8 Å². The molecule has 1 amide bonds. The lowest BCUT2D eigenvalue weighted by molar-refractivity contribution is -0.137. The monoisotopic (exact) mass is 317 g/mol. The van der Waals surface area contributed by atoms with Crippen LogP contribution in [0.3, 0.4) is 0 Å². The van der Waals surface area contributed by atoms with Crippen LogP contribution in [-0.2, 0) is 9.59 Å². The first-order valence-corrected chi connectivity index (χ1v) is 7.19. The van der Waals surface area contributed by atoms with Gasteiger partial charge in [0.05, 0.1) is 5.69 Å². The molecular weight excluding hydrogens is 298 g/mol. The molecule has 7 nitrogen and oxygen atoms in total. The van der Waals surface area contributed by atoms with E-state index in [1.807, 2.05) is 0 Å². The molecule has 1 rings (SSSR count). The van der Waals surface area contributed by atoms with Crippen molar-refractivity contribution in [3.05, 3.63) is 36.0 Å². The summed E-state index contributed by atoms with van der Waals surface area (Å²) in [7, 11) is 0. The molecule has 0 spiro atoms. The minimum atomic E-state index is -0.834. The predicted octanol–water partition coefficient (Wildman–Crippen LogP) is 1.97. The highest BCUT2D eigenvalue weighted by Gasteiger charge is 2.08. The summed E-state index contributed by atoms with van der Waals surface area (Å²) in [6.07, 6.45) is 3.23. The summed E-state index contributed by atoms with van der Waals surface area (Å²) in [4.78, 5) is 22.2. The Balaban J connectivity index is 2.40. The second kappa shape index (κ2) is 9.84. The van der Waals surface area contributed by atoms with Crippen LogP contribution < -0.4 is 10.6 Å². The number of unbranched alkanes of at least 4 members (excludes halogenated alkanes) is 2. The minimum absolute atomic E-state index is 0.0138.